The summed E-state index contributed by atoms with van der Waals surface area (Å²) in [5.74, 6) is -1.17. The molecule has 1 saturated carbocycles. The van der Waals surface area contributed by atoms with Gasteiger partial charge in [-0.3, -0.25) is 4.79 Å². The van der Waals surface area contributed by atoms with Gasteiger partial charge in [-0.1, -0.05) is 13.8 Å². The molecule has 3 aliphatic rings. The van der Waals surface area contributed by atoms with Gasteiger partial charge in [-0.15, -0.1) is 0 Å². The minimum atomic E-state index is -1.13. The third kappa shape index (κ3) is 1.55. The first kappa shape index (κ1) is 14.8. The summed E-state index contributed by atoms with van der Waals surface area (Å²) in [6, 6.07) is 0. The minimum absolute atomic E-state index is 0.00125. The number of nitrogens with two attached hydrogens (primary N) is 1. The fourth-order valence-corrected chi connectivity index (χ4v) is 4.55. The van der Waals surface area contributed by atoms with Gasteiger partial charge in [-0.05, 0) is 26.2 Å². The zero-order valence-electron chi connectivity index (χ0n) is 12.9. The van der Waals surface area contributed by atoms with E-state index in [0.717, 1.165) is 6.42 Å². The van der Waals surface area contributed by atoms with Gasteiger partial charge in [0.25, 0.3) is 0 Å². The van der Waals surface area contributed by atoms with Gasteiger partial charge in [0.1, 0.15) is 11.1 Å². The Morgan fingerprint density at radius 1 is 1.33 bits per heavy atom. The number of carbonyl (C=O) groups excluding carboxylic acids is 1. The Morgan fingerprint density at radius 2 is 2.00 bits per heavy atom. The number of ether oxygens (including phenoxy) is 1. The lowest BCUT2D eigenvalue weighted by atomic mass is 9.47. The van der Waals surface area contributed by atoms with E-state index in [-0.39, 0.29) is 17.9 Å². The largest absolute Gasteiger partial charge is 0.480 e. The zero-order chi connectivity index (χ0) is 15.6. The van der Waals surface area contributed by atoms with E-state index in [1.807, 2.05) is 13.8 Å². The number of hydrogen-bond donors (Lipinski definition) is 2. The molecule has 4 unspecified atom stereocenters. The highest BCUT2D eigenvalue weighted by Gasteiger charge is 2.73. The van der Waals surface area contributed by atoms with E-state index < -0.39 is 22.5 Å². The molecule has 3 fully saturated rings. The van der Waals surface area contributed by atoms with Crippen LogP contribution in [0.4, 0.5) is 0 Å². The molecule has 2 saturated heterocycles. The second kappa shape index (κ2) is 4.20. The first-order chi connectivity index (χ1) is 9.67. The van der Waals surface area contributed by atoms with Crippen molar-refractivity contribution in [3.8, 4) is 0 Å². The molecule has 2 aliphatic heterocycles. The van der Waals surface area contributed by atoms with Gasteiger partial charge in [-0.2, -0.15) is 0 Å². The highest BCUT2D eigenvalue weighted by molar-refractivity contribution is 5.94. The molecule has 0 aromatic carbocycles. The summed E-state index contributed by atoms with van der Waals surface area (Å²) in [6.07, 6.45) is 1.96. The monoisotopic (exact) mass is 296 g/mol. The third-order valence-electron chi connectivity index (χ3n) is 6.15. The van der Waals surface area contributed by atoms with Crippen molar-refractivity contribution < 1.29 is 19.4 Å². The summed E-state index contributed by atoms with van der Waals surface area (Å²) in [6.45, 7) is 6.62. The SMILES string of the molecule is CC1(C(=O)O)CCCN1C(=O)C1(N)C2CCOC2C1(C)C. The van der Waals surface area contributed by atoms with Gasteiger partial charge in [0.05, 0.1) is 6.10 Å². The number of carboxylic acids is 1. The van der Waals surface area contributed by atoms with Gasteiger partial charge < -0.3 is 20.5 Å². The molecule has 1 aliphatic carbocycles. The van der Waals surface area contributed by atoms with E-state index in [4.69, 9.17) is 10.5 Å². The van der Waals surface area contributed by atoms with Crippen LogP contribution in [0.3, 0.4) is 0 Å². The second-order valence-corrected chi connectivity index (χ2v) is 7.42. The Labute approximate surface area is 124 Å². The Kier molecular flexibility index (Phi) is 2.95. The maximum absolute atomic E-state index is 13.1. The first-order valence-electron chi connectivity index (χ1n) is 7.63. The Balaban J connectivity index is 1.93. The van der Waals surface area contributed by atoms with Crippen molar-refractivity contribution in [1.82, 2.24) is 4.90 Å². The number of rotatable bonds is 2. The normalized spacial score (nSPS) is 44.3. The van der Waals surface area contributed by atoms with Gasteiger partial charge in [0.15, 0.2) is 0 Å². The quantitative estimate of drug-likeness (QED) is 0.778. The molecule has 6 heteroatoms. The number of carbonyl (C=O) groups is 2. The molecule has 0 aromatic heterocycles. The van der Waals surface area contributed by atoms with Crippen LogP contribution in [0.2, 0.25) is 0 Å². The van der Waals surface area contributed by atoms with Crippen LogP contribution in [0.5, 0.6) is 0 Å². The molecule has 0 radical (unpaired) electrons. The topological polar surface area (TPSA) is 92.9 Å². The molecule has 3 rings (SSSR count). The molecule has 21 heavy (non-hydrogen) atoms. The van der Waals surface area contributed by atoms with E-state index in [1.54, 1.807) is 6.92 Å². The van der Waals surface area contributed by atoms with E-state index in [1.165, 1.54) is 4.90 Å². The summed E-state index contributed by atoms with van der Waals surface area (Å²) in [5, 5.41) is 9.51. The molecule has 0 bridgehead atoms. The number of amides is 1. The van der Waals surface area contributed by atoms with Gasteiger partial charge in [0, 0.05) is 24.5 Å². The summed E-state index contributed by atoms with van der Waals surface area (Å²) >= 11 is 0. The predicted molar refractivity (Wildman–Crippen MR) is 75.5 cm³/mol. The lowest BCUT2D eigenvalue weighted by Crippen LogP contribution is -2.81. The molecule has 0 aromatic rings. The van der Waals surface area contributed by atoms with Gasteiger partial charge in [0.2, 0.25) is 5.91 Å². The number of likely N-dealkylation sites (tertiary alicyclic amines) is 1. The summed E-state index contributed by atoms with van der Waals surface area (Å²) in [4.78, 5) is 26.2. The van der Waals surface area contributed by atoms with Crippen molar-refractivity contribution in [1.29, 1.82) is 0 Å². The Morgan fingerprint density at radius 3 is 2.62 bits per heavy atom. The van der Waals surface area contributed by atoms with Crippen LogP contribution in [0.1, 0.15) is 40.0 Å². The van der Waals surface area contributed by atoms with Crippen LogP contribution < -0.4 is 5.73 Å². The van der Waals surface area contributed by atoms with Crippen molar-refractivity contribution in [2.24, 2.45) is 17.1 Å². The molecule has 1 amide bonds. The molecule has 4 atom stereocenters. The van der Waals surface area contributed by atoms with Gasteiger partial charge in [-0.25, -0.2) is 4.79 Å². The molecule has 118 valence electrons. The van der Waals surface area contributed by atoms with Crippen molar-refractivity contribution in [3.05, 3.63) is 0 Å². The van der Waals surface area contributed by atoms with Crippen LogP contribution >= 0.6 is 0 Å². The maximum Gasteiger partial charge on any atom is 0.329 e. The number of hydrogen-bond acceptors (Lipinski definition) is 4. The van der Waals surface area contributed by atoms with E-state index >= 15 is 0 Å². The third-order valence-corrected chi connectivity index (χ3v) is 6.15. The summed E-state index contributed by atoms with van der Waals surface area (Å²) in [7, 11) is 0. The smallest absolute Gasteiger partial charge is 0.329 e. The lowest BCUT2D eigenvalue weighted by molar-refractivity contribution is -0.189. The average molecular weight is 296 g/mol. The average Bonchev–Trinajstić information content (AvgIpc) is 3.03. The molecule has 3 N–H and O–H groups in total. The van der Waals surface area contributed by atoms with Crippen LogP contribution in [0.25, 0.3) is 0 Å². The van der Waals surface area contributed by atoms with E-state index in [2.05, 4.69) is 0 Å². The highest BCUT2D eigenvalue weighted by Crippen LogP contribution is 2.59. The van der Waals surface area contributed by atoms with Gasteiger partial charge >= 0.3 is 5.97 Å². The van der Waals surface area contributed by atoms with Crippen LogP contribution in [0, 0.1) is 11.3 Å². The molecular formula is C15H24N2O4. The lowest BCUT2D eigenvalue weighted by Gasteiger charge is -2.62. The molecular weight excluding hydrogens is 272 g/mol. The van der Waals surface area contributed by atoms with Crippen LogP contribution in [-0.4, -0.2) is 52.2 Å². The summed E-state index contributed by atoms with van der Waals surface area (Å²) < 4.78 is 5.71. The number of nitrogens with zero attached hydrogens (tertiary/aromatic N) is 1. The predicted octanol–water partition coefficient (Wildman–Crippen LogP) is 0.594. The minimum Gasteiger partial charge on any atom is -0.480 e. The van der Waals surface area contributed by atoms with Crippen LogP contribution in [-0.2, 0) is 14.3 Å². The highest BCUT2D eigenvalue weighted by atomic mass is 16.5. The molecule has 6 nitrogen and oxygen atoms in total. The number of carboxylic acid groups (broad SMARTS) is 1. The standard InChI is InChI=1S/C15H24N2O4/c1-13(2)10-9(5-8-21-10)15(13,16)11(18)17-7-4-6-14(17,3)12(19)20/h9-10H,4-8,16H2,1-3H3,(H,19,20). The Hall–Kier alpha value is -1.14. The number of fused-ring (bicyclic) bond motifs is 1. The second-order valence-electron chi connectivity index (χ2n) is 7.42. The summed E-state index contributed by atoms with van der Waals surface area (Å²) in [5.41, 5.74) is 3.93. The molecule has 0 spiro atoms. The Bertz CT molecular complexity index is 506. The van der Waals surface area contributed by atoms with Crippen molar-refractivity contribution >= 4 is 11.9 Å². The molecule has 2 heterocycles. The van der Waals surface area contributed by atoms with E-state index in [0.29, 0.717) is 26.0 Å². The van der Waals surface area contributed by atoms with Crippen molar-refractivity contribution in [2.75, 3.05) is 13.2 Å². The maximum atomic E-state index is 13.1. The first-order valence-corrected chi connectivity index (χ1v) is 7.63. The zero-order valence-corrected chi connectivity index (χ0v) is 12.9. The van der Waals surface area contributed by atoms with Crippen LogP contribution in [0.15, 0.2) is 0 Å². The fourth-order valence-electron chi connectivity index (χ4n) is 4.55. The van der Waals surface area contributed by atoms with Crippen molar-refractivity contribution in [3.63, 3.8) is 0 Å². The fraction of sp³-hybridized carbons (Fsp3) is 0.867. The van der Waals surface area contributed by atoms with E-state index in [9.17, 15) is 14.7 Å². The van der Waals surface area contributed by atoms with Crippen molar-refractivity contribution in [2.45, 2.75) is 57.2 Å². The number of aliphatic carboxylic acids is 1.